The molecule has 0 saturated heterocycles. The van der Waals surface area contributed by atoms with Crippen LogP contribution in [0.1, 0.15) is 31.8 Å². The van der Waals surface area contributed by atoms with E-state index < -0.39 is 0 Å². The smallest absolute Gasteiger partial charge is 0.872 e. The summed E-state index contributed by atoms with van der Waals surface area (Å²) < 4.78 is 0. The van der Waals surface area contributed by atoms with Crippen LogP contribution in [0.4, 0.5) is 0 Å². The SMILES string of the molecule is C=C1[CH]C=CC=C1.C=C1[CH]C=CC=C1.O=C(/C=C(/[O-])c1ccccc1)c1ccccc1.O=C(/C=C(/[O-])c1ccccc1)c1ccccc1.[Sn+2]. The van der Waals surface area contributed by atoms with Crippen molar-refractivity contribution in [2.75, 3.05) is 0 Å². The van der Waals surface area contributed by atoms with Gasteiger partial charge in [-0.3, -0.25) is 9.59 Å². The molecule has 240 valence electrons. The third-order valence-corrected chi connectivity index (χ3v) is 6.44. The van der Waals surface area contributed by atoms with Gasteiger partial charge in [0, 0.05) is 24.0 Å². The molecule has 0 spiro atoms. The molecule has 0 bridgehead atoms. The van der Waals surface area contributed by atoms with Gasteiger partial charge in [0.15, 0.2) is 11.6 Å². The molecule has 6 rings (SSSR count). The van der Waals surface area contributed by atoms with Crippen molar-refractivity contribution in [3.63, 3.8) is 0 Å². The van der Waals surface area contributed by atoms with E-state index in [0.717, 1.165) is 23.3 Å². The Morgan fingerprint density at radius 3 is 0.939 bits per heavy atom. The van der Waals surface area contributed by atoms with Crippen LogP contribution in [0.5, 0.6) is 0 Å². The van der Waals surface area contributed by atoms with Gasteiger partial charge >= 0.3 is 23.9 Å². The summed E-state index contributed by atoms with van der Waals surface area (Å²) in [6, 6.07) is 35.0. The monoisotopic (exact) mass is 748 g/mol. The number of allylic oxidation sites excluding steroid dienone is 12. The van der Waals surface area contributed by atoms with Gasteiger partial charge in [-0.2, -0.15) is 0 Å². The number of hydrogen-bond donors (Lipinski definition) is 0. The molecule has 0 aliphatic heterocycles. The van der Waals surface area contributed by atoms with Crippen molar-refractivity contribution < 1.29 is 19.8 Å². The van der Waals surface area contributed by atoms with Gasteiger partial charge in [0.2, 0.25) is 0 Å². The van der Waals surface area contributed by atoms with Crippen molar-refractivity contribution in [1.82, 2.24) is 0 Å². The zero-order chi connectivity index (χ0) is 34.4. The molecule has 5 heteroatoms. The van der Waals surface area contributed by atoms with E-state index in [4.69, 9.17) is 0 Å². The van der Waals surface area contributed by atoms with Gasteiger partial charge in [-0.05, 0) is 34.4 Å². The molecular weight excluding hydrogens is 711 g/mol. The third kappa shape index (κ3) is 15.8. The van der Waals surface area contributed by atoms with Gasteiger partial charge < -0.3 is 10.2 Å². The Bertz CT molecular complexity index is 1680. The Morgan fingerprint density at radius 2 is 0.714 bits per heavy atom. The van der Waals surface area contributed by atoms with Gasteiger partial charge in [0.25, 0.3) is 0 Å². The first-order valence-electron chi connectivity index (χ1n) is 15.1. The molecule has 4 radical (unpaired) electrons. The zero-order valence-electron chi connectivity index (χ0n) is 27.0. The molecular formula is C44H36O4Sn. The van der Waals surface area contributed by atoms with E-state index in [-0.39, 0.29) is 47.0 Å². The summed E-state index contributed by atoms with van der Waals surface area (Å²) in [7, 11) is 0. The van der Waals surface area contributed by atoms with E-state index in [2.05, 4.69) is 13.2 Å². The quantitative estimate of drug-likeness (QED) is 0.0870. The predicted molar refractivity (Wildman–Crippen MR) is 200 cm³/mol. The molecule has 4 nitrogen and oxygen atoms in total. The molecule has 0 amide bonds. The summed E-state index contributed by atoms with van der Waals surface area (Å²) in [5.74, 6) is -1.06. The minimum Gasteiger partial charge on any atom is -0.872 e. The van der Waals surface area contributed by atoms with Crippen LogP contribution >= 0.6 is 0 Å². The first-order chi connectivity index (χ1) is 23.3. The maximum atomic E-state index is 11.8. The number of benzene rings is 4. The molecule has 0 aromatic heterocycles. The number of rotatable bonds is 6. The van der Waals surface area contributed by atoms with Gasteiger partial charge in [-0.1, -0.05) is 195 Å². The summed E-state index contributed by atoms with van der Waals surface area (Å²) in [5, 5.41) is 23.5. The second kappa shape index (κ2) is 23.0. The summed E-state index contributed by atoms with van der Waals surface area (Å²) in [5.41, 5.74) is 4.24. The Balaban J connectivity index is 0.000000243. The average Bonchev–Trinajstić information content (AvgIpc) is 3.14. The third-order valence-electron chi connectivity index (χ3n) is 6.44. The average molecular weight is 747 g/mol. The summed E-state index contributed by atoms with van der Waals surface area (Å²) >= 11 is 0. The Hall–Kier alpha value is -5.46. The van der Waals surface area contributed by atoms with Crippen LogP contribution in [-0.4, -0.2) is 35.5 Å². The van der Waals surface area contributed by atoms with Gasteiger partial charge in [0.05, 0.1) is 0 Å². The van der Waals surface area contributed by atoms with E-state index in [1.807, 2.05) is 85.7 Å². The number of ketones is 2. The maximum absolute atomic E-state index is 11.8. The van der Waals surface area contributed by atoms with Crippen molar-refractivity contribution >= 4 is 47.0 Å². The zero-order valence-corrected chi connectivity index (χ0v) is 29.9. The number of hydrogen-bond acceptors (Lipinski definition) is 4. The molecule has 49 heavy (non-hydrogen) atoms. The first-order valence-corrected chi connectivity index (χ1v) is 15.1. The first kappa shape index (κ1) is 39.7. The number of carbonyl (C=O) groups is 2. The Labute approximate surface area is 306 Å². The van der Waals surface area contributed by atoms with Crippen LogP contribution in [0, 0.1) is 12.8 Å². The molecule has 0 saturated carbocycles. The Kier molecular flexibility index (Phi) is 18.6. The van der Waals surface area contributed by atoms with Crippen molar-refractivity contribution in [3.8, 4) is 0 Å². The fourth-order valence-corrected chi connectivity index (χ4v) is 3.94. The molecule has 2 aliphatic rings. The normalized spacial score (nSPS) is 12.9. The standard InChI is InChI=1S/2C15H12O2.2C7H7.Sn/c2*16-14(12-7-3-1-4-8-12)11-15(17)13-9-5-2-6-10-13;2*1-7-5-3-2-4-6-7;/h2*1-11,16H;2*2-6H,1H2;/q;;;;+2/p-2/b2*14-11+;;;. The maximum Gasteiger partial charge on any atom is 2.00 e. The molecule has 0 atom stereocenters. The molecule has 0 heterocycles. The van der Waals surface area contributed by atoms with Crippen molar-refractivity contribution in [1.29, 1.82) is 0 Å². The van der Waals surface area contributed by atoms with E-state index >= 15 is 0 Å². The van der Waals surface area contributed by atoms with Crippen molar-refractivity contribution in [3.05, 3.63) is 241 Å². The number of carbonyl (C=O) groups excluding carboxylic acids is 2. The topological polar surface area (TPSA) is 80.3 Å². The van der Waals surface area contributed by atoms with Gasteiger partial charge in [0.1, 0.15) is 0 Å². The molecule has 4 aromatic rings. The van der Waals surface area contributed by atoms with E-state index in [1.165, 1.54) is 0 Å². The van der Waals surface area contributed by atoms with Crippen LogP contribution < -0.4 is 10.2 Å². The van der Waals surface area contributed by atoms with E-state index in [0.29, 0.717) is 22.3 Å². The van der Waals surface area contributed by atoms with Gasteiger partial charge in [-0.25, -0.2) is 0 Å². The largest absolute Gasteiger partial charge is 2.00 e. The summed E-state index contributed by atoms with van der Waals surface area (Å²) in [6.07, 6.45) is 22.0. The van der Waals surface area contributed by atoms with E-state index in [9.17, 15) is 19.8 Å². The van der Waals surface area contributed by atoms with Crippen molar-refractivity contribution in [2.45, 2.75) is 0 Å². The van der Waals surface area contributed by atoms with Crippen LogP contribution in [0.2, 0.25) is 0 Å². The van der Waals surface area contributed by atoms with E-state index in [1.54, 1.807) is 97.1 Å². The second-order valence-electron chi connectivity index (χ2n) is 10.2. The van der Waals surface area contributed by atoms with Crippen molar-refractivity contribution in [2.24, 2.45) is 0 Å². The van der Waals surface area contributed by atoms with Crippen LogP contribution in [0.15, 0.2) is 206 Å². The van der Waals surface area contributed by atoms with Crippen LogP contribution in [0.3, 0.4) is 0 Å². The molecule has 0 fully saturated rings. The fourth-order valence-electron chi connectivity index (χ4n) is 3.94. The molecule has 2 aliphatic carbocycles. The van der Waals surface area contributed by atoms with Crippen LogP contribution in [0.25, 0.3) is 11.5 Å². The second-order valence-corrected chi connectivity index (χ2v) is 10.2. The minimum atomic E-state index is -0.264. The summed E-state index contributed by atoms with van der Waals surface area (Å²) in [4.78, 5) is 23.5. The summed E-state index contributed by atoms with van der Waals surface area (Å²) in [6.45, 7) is 7.44. The molecule has 4 aromatic carbocycles. The Morgan fingerprint density at radius 1 is 0.429 bits per heavy atom. The van der Waals surface area contributed by atoms with Gasteiger partial charge in [-0.15, -0.1) is 0 Å². The minimum absolute atomic E-state index is 0. The molecule has 0 unspecified atom stereocenters. The molecule has 0 N–H and O–H groups in total. The fraction of sp³-hybridized carbons (Fsp3) is 0. The predicted octanol–water partition coefficient (Wildman–Crippen LogP) is 7.91. The van der Waals surface area contributed by atoms with Crippen LogP contribution in [-0.2, 0) is 0 Å².